The first-order valence-corrected chi connectivity index (χ1v) is 8.21. The number of hydrogen-bond acceptors (Lipinski definition) is 4. The maximum Gasteiger partial charge on any atom is 0.328 e. The zero-order chi connectivity index (χ0) is 17.3. The third-order valence-electron chi connectivity index (χ3n) is 4.36. The van der Waals surface area contributed by atoms with Crippen LogP contribution in [-0.4, -0.2) is 45.5 Å². The van der Waals surface area contributed by atoms with E-state index in [1.807, 2.05) is 4.90 Å². The molecule has 1 aliphatic rings. The molecule has 1 saturated heterocycles. The van der Waals surface area contributed by atoms with Crippen LogP contribution < -0.4 is 16.6 Å². The minimum Gasteiger partial charge on any atom is -0.340 e. The predicted octanol–water partition coefficient (Wildman–Crippen LogP) is 0.289. The summed E-state index contributed by atoms with van der Waals surface area (Å²) in [6.45, 7) is 5.70. The molecule has 2 aromatic rings. The van der Waals surface area contributed by atoms with Gasteiger partial charge in [-0.2, -0.15) is 0 Å². The number of fused-ring (bicyclic) bond motifs is 1. The molecule has 2 heterocycles. The fourth-order valence-electron chi connectivity index (χ4n) is 3.36. The molecule has 2 N–H and O–H groups in total. The van der Waals surface area contributed by atoms with Crippen LogP contribution >= 0.6 is 0 Å². The highest BCUT2D eigenvalue weighted by molar-refractivity contribution is 5.79. The van der Waals surface area contributed by atoms with Crippen molar-refractivity contribution in [1.29, 1.82) is 0 Å². The van der Waals surface area contributed by atoms with Gasteiger partial charge in [-0.15, -0.1) is 0 Å². The number of hydrogen-bond donors (Lipinski definition) is 2. The first-order chi connectivity index (χ1) is 11.5. The average molecular weight is 330 g/mol. The Kier molecular flexibility index (Phi) is 4.53. The number of nitrogens with zero attached hydrogens (tertiary/aromatic N) is 2. The van der Waals surface area contributed by atoms with E-state index in [1.165, 1.54) is 4.57 Å². The van der Waals surface area contributed by atoms with Crippen molar-refractivity contribution in [3.63, 3.8) is 0 Å². The zero-order valence-electron chi connectivity index (χ0n) is 13.9. The molecule has 1 amide bonds. The third kappa shape index (κ3) is 3.26. The van der Waals surface area contributed by atoms with Crippen LogP contribution in [0.3, 0.4) is 0 Å². The molecule has 24 heavy (non-hydrogen) atoms. The molecule has 1 fully saturated rings. The molecule has 0 saturated carbocycles. The number of nitrogens with one attached hydrogen (secondary N) is 2. The van der Waals surface area contributed by atoms with E-state index in [-0.39, 0.29) is 31.0 Å². The smallest absolute Gasteiger partial charge is 0.328 e. The minimum absolute atomic E-state index is 0.0254. The zero-order valence-corrected chi connectivity index (χ0v) is 13.9. The second kappa shape index (κ2) is 6.60. The molecule has 3 rings (SSSR count). The van der Waals surface area contributed by atoms with Crippen LogP contribution in [0, 0.1) is 0 Å². The van der Waals surface area contributed by atoms with Gasteiger partial charge in [0.1, 0.15) is 0 Å². The first kappa shape index (κ1) is 16.4. The Bertz CT molecular complexity index is 860. The standard InChI is InChI=1S/C17H22N4O3/c1-11-9-20(10-12(2)18-11)15(22)7-8-21-14-6-4-3-5-13(14)16(23)19-17(21)24/h3-6,11-12,18H,7-10H2,1-2H3,(H,19,23,24). The van der Waals surface area contributed by atoms with Gasteiger partial charge in [0, 0.05) is 38.1 Å². The highest BCUT2D eigenvalue weighted by atomic mass is 16.2. The molecule has 0 spiro atoms. The van der Waals surface area contributed by atoms with Gasteiger partial charge in [0.25, 0.3) is 5.56 Å². The molecule has 128 valence electrons. The molecule has 0 radical (unpaired) electrons. The second-order valence-electron chi connectivity index (χ2n) is 6.45. The maximum absolute atomic E-state index is 12.5. The summed E-state index contributed by atoms with van der Waals surface area (Å²) < 4.78 is 1.46. The molecule has 1 aromatic carbocycles. The summed E-state index contributed by atoms with van der Waals surface area (Å²) in [6.07, 6.45) is 0.232. The van der Waals surface area contributed by atoms with E-state index in [0.717, 1.165) is 0 Å². The summed E-state index contributed by atoms with van der Waals surface area (Å²) >= 11 is 0. The monoisotopic (exact) mass is 330 g/mol. The lowest BCUT2D eigenvalue weighted by molar-refractivity contribution is -0.133. The van der Waals surface area contributed by atoms with Crippen LogP contribution in [0.2, 0.25) is 0 Å². The minimum atomic E-state index is -0.478. The first-order valence-electron chi connectivity index (χ1n) is 8.21. The highest BCUT2D eigenvalue weighted by Crippen LogP contribution is 2.09. The molecular weight excluding hydrogens is 308 g/mol. The van der Waals surface area contributed by atoms with Crippen LogP contribution in [0.1, 0.15) is 20.3 Å². The Balaban J connectivity index is 1.80. The molecule has 0 bridgehead atoms. The number of amides is 1. The third-order valence-corrected chi connectivity index (χ3v) is 4.36. The fraction of sp³-hybridized carbons (Fsp3) is 0.471. The van der Waals surface area contributed by atoms with Gasteiger partial charge in [-0.3, -0.25) is 19.1 Å². The van der Waals surface area contributed by atoms with Crippen molar-refractivity contribution in [3.05, 3.63) is 45.1 Å². The molecule has 7 nitrogen and oxygen atoms in total. The van der Waals surface area contributed by atoms with Crippen LogP contribution in [0.4, 0.5) is 0 Å². The maximum atomic E-state index is 12.5. The van der Waals surface area contributed by atoms with Gasteiger partial charge in [-0.05, 0) is 26.0 Å². The van der Waals surface area contributed by atoms with Gasteiger partial charge in [0.2, 0.25) is 5.91 Å². The van der Waals surface area contributed by atoms with E-state index in [9.17, 15) is 14.4 Å². The summed E-state index contributed by atoms with van der Waals surface area (Å²) in [5.74, 6) is 0.0254. The Morgan fingerprint density at radius 2 is 1.83 bits per heavy atom. The van der Waals surface area contributed by atoms with Crippen molar-refractivity contribution >= 4 is 16.8 Å². The highest BCUT2D eigenvalue weighted by Gasteiger charge is 2.24. The number of H-pyrrole nitrogens is 1. The Morgan fingerprint density at radius 3 is 2.54 bits per heavy atom. The van der Waals surface area contributed by atoms with E-state index >= 15 is 0 Å². The van der Waals surface area contributed by atoms with E-state index < -0.39 is 11.2 Å². The molecule has 2 atom stereocenters. The number of carbonyl (C=O) groups excluding carboxylic acids is 1. The molecular formula is C17H22N4O3. The second-order valence-corrected chi connectivity index (χ2v) is 6.45. The summed E-state index contributed by atoms with van der Waals surface area (Å²) in [5.41, 5.74) is -0.322. The summed E-state index contributed by atoms with van der Waals surface area (Å²) in [4.78, 5) is 40.6. The van der Waals surface area contributed by atoms with E-state index in [4.69, 9.17) is 0 Å². The van der Waals surface area contributed by atoms with Gasteiger partial charge < -0.3 is 10.2 Å². The van der Waals surface area contributed by atoms with Crippen molar-refractivity contribution in [2.45, 2.75) is 38.9 Å². The normalized spacial score (nSPS) is 21.2. The van der Waals surface area contributed by atoms with Gasteiger partial charge in [0.05, 0.1) is 10.9 Å². The molecule has 2 unspecified atom stereocenters. The van der Waals surface area contributed by atoms with Crippen molar-refractivity contribution < 1.29 is 4.79 Å². The average Bonchev–Trinajstić information content (AvgIpc) is 2.53. The molecule has 1 aliphatic heterocycles. The van der Waals surface area contributed by atoms with Crippen molar-refractivity contribution in [3.8, 4) is 0 Å². The van der Waals surface area contributed by atoms with Crippen molar-refractivity contribution in [2.75, 3.05) is 13.1 Å². The Labute approximate surface area is 139 Å². The van der Waals surface area contributed by atoms with Crippen molar-refractivity contribution in [2.24, 2.45) is 0 Å². The van der Waals surface area contributed by atoms with Gasteiger partial charge in [0.15, 0.2) is 0 Å². The Hall–Kier alpha value is -2.41. The van der Waals surface area contributed by atoms with Crippen molar-refractivity contribution in [1.82, 2.24) is 19.8 Å². The van der Waals surface area contributed by atoms with E-state index in [2.05, 4.69) is 24.1 Å². The SMILES string of the molecule is CC1CN(C(=O)CCn2c(=O)[nH]c(=O)c3ccccc32)CC(C)N1. The number of aryl methyl sites for hydroxylation is 1. The van der Waals surface area contributed by atoms with Gasteiger partial charge in [-0.1, -0.05) is 12.1 Å². The molecule has 0 aliphatic carbocycles. The number of para-hydroxylation sites is 1. The summed E-state index contributed by atoms with van der Waals surface area (Å²) in [7, 11) is 0. The number of rotatable bonds is 3. The lowest BCUT2D eigenvalue weighted by Gasteiger charge is -2.36. The number of aromatic amines is 1. The summed E-state index contributed by atoms with van der Waals surface area (Å²) in [6, 6.07) is 7.45. The van der Waals surface area contributed by atoms with Gasteiger partial charge in [-0.25, -0.2) is 4.79 Å². The van der Waals surface area contributed by atoms with Gasteiger partial charge >= 0.3 is 5.69 Å². The number of benzene rings is 1. The predicted molar refractivity (Wildman–Crippen MR) is 92.1 cm³/mol. The summed E-state index contributed by atoms with van der Waals surface area (Å²) in [5, 5.41) is 3.84. The van der Waals surface area contributed by atoms with Crippen LogP contribution in [0.25, 0.3) is 10.9 Å². The number of carbonyl (C=O) groups is 1. The van der Waals surface area contributed by atoms with E-state index in [0.29, 0.717) is 24.0 Å². The van der Waals surface area contributed by atoms with E-state index in [1.54, 1.807) is 24.3 Å². The number of aromatic nitrogens is 2. The Morgan fingerprint density at radius 1 is 1.17 bits per heavy atom. The number of piperazine rings is 1. The lowest BCUT2D eigenvalue weighted by atomic mass is 10.1. The lowest BCUT2D eigenvalue weighted by Crippen LogP contribution is -2.56. The largest absolute Gasteiger partial charge is 0.340 e. The quantitative estimate of drug-likeness (QED) is 0.847. The van der Waals surface area contributed by atoms with Crippen LogP contribution in [0.15, 0.2) is 33.9 Å². The fourth-order valence-corrected chi connectivity index (χ4v) is 3.36. The van der Waals surface area contributed by atoms with Crippen LogP contribution in [0.5, 0.6) is 0 Å². The topological polar surface area (TPSA) is 87.2 Å². The molecule has 1 aromatic heterocycles. The molecule has 7 heteroatoms. The van der Waals surface area contributed by atoms with Crippen LogP contribution in [-0.2, 0) is 11.3 Å².